The number of nitrogen functional groups attached to an aromatic ring is 1. The molecule has 0 aliphatic rings. The van der Waals surface area contributed by atoms with Crippen molar-refractivity contribution < 1.29 is 23.4 Å². The molecule has 0 aliphatic heterocycles. The molecule has 0 aliphatic carbocycles. The minimum absolute atomic E-state index is 0.0131. The molecular formula is C19H18ClFN2O4. The summed E-state index contributed by atoms with van der Waals surface area (Å²) < 4.78 is 31.0. The molecule has 1 heterocycles. The van der Waals surface area contributed by atoms with Crippen LogP contribution >= 0.6 is 11.6 Å². The summed E-state index contributed by atoms with van der Waals surface area (Å²) in [4.78, 5) is 12.1. The van der Waals surface area contributed by atoms with E-state index in [1.54, 1.807) is 35.9 Å². The zero-order valence-electron chi connectivity index (χ0n) is 14.8. The smallest absolute Gasteiger partial charge is 0.341 e. The van der Waals surface area contributed by atoms with Crippen LogP contribution < -0.4 is 10.5 Å². The monoisotopic (exact) mass is 392 g/mol. The molecule has 2 aromatic carbocycles. The number of carbonyl (C=O) groups is 1. The third kappa shape index (κ3) is 3.70. The van der Waals surface area contributed by atoms with Crippen LogP contribution in [-0.4, -0.2) is 31.0 Å². The lowest BCUT2D eigenvalue weighted by Gasteiger charge is -2.13. The van der Waals surface area contributed by atoms with Gasteiger partial charge < -0.3 is 24.5 Å². The first-order chi connectivity index (χ1) is 13.0. The van der Waals surface area contributed by atoms with Crippen LogP contribution in [0.25, 0.3) is 16.6 Å². The molecule has 0 amide bonds. The molecule has 3 aromatic rings. The molecule has 0 atom stereocenters. The number of nitrogens with zero attached hydrogens (tertiary/aromatic N) is 1. The van der Waals surface area contributed by atoms with Crippen molar-refractivity contribution in [2.75, 3.05) is 26.2 Å². The van der Waals surface area contributed by atoms with E-state index in [1.165, 1.54) is 19.2 Å². The Kier molecular flexibility index (Phi) is 5.53. The number of benzene rings is 2. The van der Waals surface area contributed by atoms with E-state index < -0.39 is 11.8 Å². The third-order valence-electron chi connectivity index (χ3n) is 3.95. The number of anilines is 1. The minimum atomic E-state index is -0.546. The number of hydrogen-bond acceptors (Lipinski definition) is 5. The largest absolute Gasteiger partial charge is 0.467 e. The van der Waals surface area contributed by atoms with Crippen LogP contribution in [-0.2, 0) is 9.47 Å². The highest BCUT2D eigenvalue weighted by Gasteiger charge is 2.17. The van der Waals surface area contributed by atoms with Gasteiger partial charge in [-0.3, -0.25) is 0 Å². The van der Waals surface area contributed by atoms with Gasteiger partial charge in [-0.15, -0.1) is 0 Å². The lowest BCUT2D eigenvalue weighted by molar-refractivity contribution is 0.0438. The predicted molar refractivity (Wildman–Crippen MR) is 101 cm³/mol. The predicted octanol–water partition coefficient (Wildman–Crippen LogP) is 4.16. The lowest BCUT2D eigenvalue weighted by atomic mass is 10.1. The third-order valence-corrected chi connectivity index (χ3v) is 4.24. The van der Waals surface area contributed by atoms with Crippen molar-refractivity contribution in [2.45, 2.75) is 6.92 Å². The molecule has 27 heavy (non-hydrogen) atoms. The van der Waals surface area contributed by atoms with Crippen LogP contribution in [0.4, 0.5) is 10.1 Å². The highest BCUT2D eigenvalue weighted by molar-refractivity contribution is 6.31. The number of ether oxygens (including phenoxy) is 3. The van der Waals surface area contributed by atoms with Crippen LogP contribution in [0.15, 0.2) is 36.5 Å². The van der Waals surface area contributed by atoms with Crippen LogP contribution in [0.1, 0.15) is 17.3 Å². The van der Waals surface area contributed by atoms with Gasteiger partial charge in [-0.05, 0) is 31.2 Å². The van der Waals surface area contributed by atoms with E-state index in [-0.39, 0.29) is 24.0 Å². The van der Waals surface area contributed by atoms with Crippen LogP contribution in [0.3, 0.4) is 0 Å². The summed E-state index contributed by atoms with van der Waals surface area (Å²) in [7, 11) is 1.48. The van der Waals surface area contributed by atoms with Gasteiger partial charge in [-0.25, -0.2) is 9.18 Å². The molecule has 142 valence electrons. The Bertz CT molecular complexity index is 1000. The SMILES string of the molecule is CCOC(=O)c1ccc(-n2cc(N)c3cc(F)c(Cl)cc32)cc1OCOC. The highest BCUT2D eigenvalue weighted by Crippen LogP contribution is 2.32. The number of fused-ring (bicyclic) bond motifs is 1. The van der Waals surface area contributed by atoms with Crippen molar-refractivity contribution >= 4 is 34.2 Å². The van der Waals surface area contributed by atoms with Crippen molar-refractivity contribution in [3.8, 4) is 11.4 Å². The fourth-order valence-electron chi connectivity index (χ4n) is 2.74. The van der Waals surface area contributed by atoms with Gasteiger partial charge >= 0.3 is 5.97 Å². The summed E-state index contributed by atoms with van der Waals surface area (Å²) in [6, 6.07) is 7.74. The fraction of sp³-hybridized carbons (Fsp3) is 0.211. The van der Waals surface area contributed by atoms with E-state index in [2.05, 4.69) is 0 Å². The molecule has 1 aromatic heterocycles. The summed E-state index contributed by atoms with van der Waals surface area (Å²) in [5.74, 6) is -0.756. The molecule has 8 heteroatoms. The van der Waals surface area contributed by atoms with Crippen molar-refractivity contribution in [1.29, 1.82) is 0 Å². The molecule has 0 saturated carbocycles. The maximum Gasteiger partial charge on any atom is 0.341 e. The second kappa shape index (κ2) is 7.85. The molecule has 0 fully saturated rings. The Morgan fingerprint density at radius 2 is 2.07 bits per heavy atom. The Morgan fingerprint density at radius 3 is 2.78 bits per heavy atom. The second-order valence-corrected chi connectivity index (χ2v) is 6.10. The minimum Gasteiger partial charge on any atom is -0.467 e. The maximum absolute atomic E-state index is 13.8. The number of carbonyl (C=O) groups excluding carboxylic acids is 1. The Hall–Kier alpha value is -2.77. The van der Waals surface area contributed by atoms with Crippen molar-refractivity contribution in [3.05, 3.63) is 52.9 Å². The molecule has 2 N–H and O–H groups in total. The molecule has 0 saturated heterocycles. The summed E-state index contributed by atoms with van der Waals surface area (Å²) in [6.07, 6.45) is 1.65. The van der Waals surface area contributed by atoms with E-state index in [4.69, 9.17) is 31.5 Å². The first-order valence-electron chi connectivity index (χ1n) is 8.15. The molecule has 0 spiro atoms. The number of halogens is 2. The zero-order chi connectivity index (χ0) is 19.6. The number of nitrogens with two attached hydrogens (primary N) is 1. The fourth-order valence-corrected chi connectivity index (χ4v) is 2.90. The van der Waals surface area contributed by atoms with Crippen molar-refractivity contribution in [1.82, 2.24) is 4.57 Å². The molecule has 6 nitrogen and oxygen atoms in total. The van der Waals surface area contributed by atoms with E-state index in [9.17, 15) is 9.18 Å². The summed E-state index contributed by atoms with van der Waals surface area (Å²) in [6.45, 7) is 1.92. The second-order valence-electron chi connectivity index (χ2n) is 5.69. The van der Waals surface area contributed by atoms with Gasteiger partial charge in [0.25, 0.3) is 0 Å². The Balaban J connectivity index is 2.13. The van der Waals surface area contributed by atoms with E-state index in [0.29, 0.717) is 28.0 Å². The quantitative estimate of drug-likeness (QED) is 0.503. The van der Waals surface area contributed by atoms with Crippen molar-refractivity contribution in [3.63, 3.8) is 0 Å². The van der Waals surface area contributed by atoms with Crippen molar-refractivity contribution in [2.24, 2.45) is 0 Å². The molecular weight excluding hydrogens is 375 g/mol. The first kappa shape index (κ1) is 19.0. The Labute approximate surface area is 160 Å². The van der Waals surface area contributed by atoms with Gasteiger partial charge in [0, 0.05) is 30.4 Å². The number of aromatic nitrogens is 1. The van der Waals surface area contributed by atoms with Gasteiger partial charge in [0.15, 0.2) is 6.79 Å². The summed E-state index contributed by atoms with van der Waals surface area (Å²) in [5.41, 5.74) is 7.96. The number of esters is 1. The standard InChI is InChI=1S/C19H18ClFN2O4/c1-3-26-19(24)12-5-4-11(6-18(12)27-10-25-2)23-9-16(22)13-7-15(21)14(20)8-17(13)23/h4-9H,3,10,22H2,1-2H3. The number of methoxy groups -OCH3 is 1. The topological polar surface area (TPSA) is 75.7 Å². The first-order valence-corrected chi connectivity index (χ1v) is 8.53. The van der Waals surface area contributed by atoms with Crippen LogP contribution in [0.2, 0.25) is 5.02 Å². The summed E-state index contributed by atoms with van der Waals surface area (Å²) in [5, 5.41) is 0.520. The van der Waals surface area contributed by atoms with E-state index in [0.717, 1.165) is 0 Å². The average molecular weight is 393 g/mol. The van der Waals surface area contributed by atoms with Gasteiger partial charge in [-0.2, -0.15) is 0 Å². The van der Waals surface area contributed by atoms with Gasteiger partial charge in [-0.1, -0.05) is 11.6 Å². The average Bonchev–Trinajstić information content (AvgIpc) is 2.96. The molecule has 3 rings (SSSR count). The van der Waals surface area contributed by atoms with Crippen LogP contribution in [0.5, 0.6) is 5.75 Å². The van der Waals surface area contributed by atoms with Gasteiger partial charge in [0.1, 0.15) is 17.1 Å². The molecule has 0 bridgehead atoms. The molecule has 0 unspecified atom stereocenters. The normalized spacial score (nSPS) is 11.0. The van der Waals surface area contributed by atoms with E-state index in [1.807, 2.05) is 0 Å². The number of hydrogen-bond donors (Lipinski definition) is 1. The maximum atomic E-state index is 13.8. The number of rotatable bonds is 6. The van der Waals surface area contributed by atoms with E-state index >= 15 is 0 Å². The Morgan fingerprint density at radius 1 is 1.30 bits per heavy atom. The zero-order valence-corrected chi connectivity index (χ0v) is 15.5. The highest BCUT2D eigenvalue weighted by atomic mass is 35.5. The lowest BCUT2D eigenvalue weighted by Crippen LogP contribution is -2.10. The van der Waals surface area contributed by atoms with Crippen LogP contribution in [0, 0.1) is 5.82 Å². The molecule has 0 radical (unpaired) electrons. The van der Waals surface area contributed by atoms with Gasteiger partial charge in [0.05, 0.1) is 22.8 Å². The van der Waals surface area contributed by atoms with Gasteiger partial charge in [0.2, 0.25) is 0 Å². The summed E-state index contributed by atoms with van der Waals surface area (Å²) >= 11 is 5.93.